The normalized spacial score (nSPS) is 13.1. The highest BCUT2D eigenvalue weighted by atomic mass is 35.5. The zero-order chi connectivity index (χ0) is 15.5. The molecule has 0 aliphatic heterocycles. The van der Waals surface area contributed by atoms with Gasteiger partial charge in [-0.15, -0.1) is 11.3 Å². The van der Waals surface area contributed by atoms with Crippen LogP contribution in [-0.2, 0) is 6.54 Å². The van der Waals surface area contributed by atoms with Crippen LogP contribution in [0.5, 0.6) is 0 Å². The van der Waals surface area contributed by atoms with Gasteiger partial charge in [-0.3, -0.25) is 0 Å². The number of rotatable bonds is 6. The average molecular weight is 351 g/mol. The van der Waals surface area contributed by atoms with Crippen molar-refractivity contribution >= 4 is 44.4 Å². The second-order valence-electron chi connectivity index (χ2n) is 5.50. The van der Waals surface area contributed by atoms with Gasteiger partial charge in [0.05, 0.1) is 5.02 Å². The molecule has 1 N–H and O–H groups in total. The van der Waals surface area contributed by atoms with Crippen molar-refractivity contribution in [3.8, 4) is 0 Å². The van der Waals surface area contributed by atoms with Crippen LogP contribution in [0.2, 0.25) is 5.02 Å². The lowest BCUT2D eigenvalue weighted by Crippen LogP contribution is -2.30. The van der Waals surface area contributed by atoms with Crippen molar-refractivity contribution in [3.05, 3.63) is 56.6 Å². The van der Waals surface area contributed by atoms with E-state index >= 15 is 0 Å². The van der Waals surface area contributed by atoms with Gasteiger partial charge >= 0.3 is 0 Å². The fourth-order valence-corrected chi connectivity index (χ4v) is 4.74. The molecule has 22 heavy (non-hydrogen) atoms. The number of benzene rings is 1. The molecule has 0 saturated heterocycles. The molecule has 1 aromatic carbocycles. The molecule has 0 amide bonds. The third-order valence-corrected chi connectivity index (χ3v) is 6.19. The predicted octanol–water partition coefficient (Wildman–Crippen LogP) is 5.01. The van der Waals surface area contributed by atoms with E-state index in [4.69, 9.17) is 11.6 Å². The molecular formula is C17H19ClN2S2. The minimum atomic E-state index is 0.388. The van der Waals surface area contributed by atoms with E-state index in [0.717, 1.165) is 23.5 Å². The summed E-state index contributed by atoms with van der Waals surface area (Å²) < 4.78 is 1.26. The zero-order valence-corrected chi connectivity index (χ0v) is 15.1. The summed E-state index contributed by atoms with van der Waals surface area (Å²) in [6.45, 7) is 1.72. The van der Waals surface area contributed by atoms with Crippen molar-refractivity contribution in [2.45, 2.75) is 12.6 Å². The summed E-state index contributed by atoms with van der Waals surface area (Å²) in [5.74, 6) is 0. The molecule has 1 atom stereocenters. The summed E-state index contributed by atoms with van der Waals surface area (Å²) in [6, 6.07) is 10.9. The van der Waals surface area contributed by atoms with Gasteiger partial charge in [0.1, 0.15) is 0 Å². The van der Waals surface area contributed by atoms with Gasteiger partial charge in [0.15, 0.2) is 0 Å². The van der Waals surface area contributed by atoms with Crippen LogP contribution in [0, 0.1) is 0 Å². The van der Waals surface area contributed by atoms with Gasteiger partial charge in [0, 0.05) is 34.1 Å². The SMILES string of the molecule is CN(C)[C@H](CNCc1sc2ccccc2c1Cl)c1ccsc1. The quantitative estimate of drug-likeness (QED) is 0.672. The van der Waals surface area contributed by atoms with Gasteiger partial charge in [-0.05, 0) is 42.6 Å². The van der Waals surface area contributed by atoms with Crippen molar-refractivity contribution in [2.24, 2.45) is 0 Å². The Balaban J connectivity index is 1.67. The Morgan fingerprint density at radius 1 is 1.23 bits per heavy atom. The van der Waals surface area contributed by atoms with E-state index in [9.17, 15) is 0 Å². The van der Waals surface area contributed by atoms with Crippen LogP contribution in [0.25, 0.3) is 10.1 Å². The maximum Gasteiger partial charge on any atom is 0.0636 e. The van der Waals surface area contributed by atoms with Crippen molar-refractivity contribution in [1.82, 2.24) is 10.2 Å². The minimum absolute atomic E-state index is 0.388. The van der Waals surface area contributed by atoms with E-state index in [-0.39, 0.29) is 0 Å². The summed E-state index contributed by atoms with van der Waals surface area (Å²) in [5.41, 5.74) is 1.37. The third kappa shape index (κ3) is 3.36. The Bertz CT molecular complexity index is 734. The highest BCUT2D eigenvalue weighted by Crippen LogP contribution is 2.35. The Morgan fingerprint density at radius 2 is 2.05 bits per heavy atom. The summed E-state index contributed by atoms with van der Waals surface area (Å²) >= 11 is 10.0. The first-order valence-electron chi connectivity index (χ1n) is 7.22. The summed E-state index contributed by atoms with van der Waals surface area (Å²) in [7, 11) is 4.24. The largest absolute Gasteiger partial charge is 0.310 e. The maximum absolute atomic E-state index is 6.50. The van der Waals surface area contributed by atoms with Crippen LogP contribution in [0.15, 0.2) is 41.1 Å². The standard InChI is InChI=1S/C17H19ClN2S2/c1-20(2)14(12-7-8-21-11-12)9-19-10-16-17(18)13-5-3-4-6-15(13)22-16/h3-8,11,14,19H,9-10H2,1-2H3/t14-/m1/s1. The Morgan fingerprint density at radius 3 is 2.73 bits per heavy atom. The van der Waals surface area contributed by atoms with E-state index in [0.29, 0.717) is 6.04 Å². The van der Waals surface area contributed by atoms with Gasteiger partial charge in [0.25, 0.3) is 0 Å². The number of nitrogens with one attached hydrogen (secondary N) is 1. The summed E-state index contributed by atoms with van der Waals surface area (Å²) in [4.78, 5) is 3.47. The molecule has 0 aliphatic rings. The maximum atomic E-state index is 6.50. The number of thiophene rings is 2. The van der Waals surface area contributed by atoms with Crippen molar-refractivity contribution < 1.29 is 0 Å². The lowest BCUT2D eigenvalue weighted by molar-refractivity contribution is 0.289. The highest BCUT2D eigenvalue weighted by molar-refractivity contribution is 7.19. The number of fused-ring (bicyclic) bond motifs is 1. The molecule has 3 rings (SSSR count). The predicted molar refractivity (Wildman–Crippen MR) is 99.3 cm³/mol. The first-order chi connectivity index (χ1) is 10.7. The molecule has 0 saturated carbocycles. The van der Waals surface area contributed by atoms with Gasteiger partial charge in [-0.2, -0.15) is 11.3 Å². The van der Waals surface area contributed by atoms with Crippen LogP contribution in [0.4, 0.5) is 0 Å². The van der Waals surface area contributed by atoms with Crippen LogP contribution in [-0.4, -0.2) is 25.5 Å². The minimum Gasteiger partial charge on any atom is -0.310 e. The fraction of sp³-hybridized carbons (Fsp3) is 0.294. The summed E-state index contributed by atoms with van der Waals surface area (Å²) in [5, 5.41) is 9.97. The van der Waals surface area contributed by atoms with E-state index in [1.165, 1.54) is 15.1 Å². The Hall–Kier alpha value is -0.910. The van der Waals surface area contributed by atoms with Crippen LogP contribution in [0.3, 0.4) is 0 Å². The van der Waals surface area contributed by atoms with Gasteiger partial charge in [-0.1, -0.05) is 29.8 Å². The number of likely N-dealkylation sites (N-methyl/N-ethyl adjacent to an activating group) is 1. The third-order valence-electron chi connectivity index (χ3n) is 3.78. The molecule has 116 valence electrons. The van der Waals surface area contributed by atoms with E-state index in [1.54, 1.807) is 22.7 Å². The molecular weight excluding hydrogens is 332 g/mol. The lowest BCUT2D eigenvalue weighted by Gasteiger charge is -2.24. The van der Waals surface area contributed by atoms with E-state index < -0.39 is 0 Å². The molecule has 0 unspecified atom stereocenters. The lowest BCUT2D eigenvalue weighted by atomic mass is 10.1. The monoisotopic (exact) mass is 350 g/mol. The molecule has 0 radical (unpaired) electrons. The summed E-state index contributed by atoms with van der Waals surface area (Å²) in [6.07, 6.45) is 0. The molecule has 0 spiro atoms. The Kier molecular flexibility index (Phi) is 5.16. The molecule has 2 nitrogen and oxygen atoms in total. The fourth-order valence-electron chi connectivity index (χ4n) is 2.56. The molecule has 2 aromatic heterocycles. The molecule has 0 bridgehead atoms. The first-order valence-corrected chi connectivity index (χ1v) is 9.35. The molecule has 3 aromatic rings. The number of halogens is 1. The van der Waals surface area contributed by atoms with Crippen LogP contribution < -0.4 is 5.32 Å². The van der Waals surface area contributed by atoms with Crippen molar-refractivity contribution in [3.63, 3.8) is 0 Å². The number of hydrogen-bond donors (Lipinski definition) is 1. The van der Waals surface area contributed by atoms with Gasteiger partial charge in [0.2, 0.25) is 0 Å². The van der Waals surface area contributed by atoms with Crippen LogP contribution in [0.1, 0.15) is 16.5 Å². The zero-order valence-electron chi connectivity index (χ0n) is 12.7. The van der Waals surface area contributed by atoms with Gasteiger partial charge < -0.3 is 10.2 Å². The van der Waals surface area contributed by atoms with Crippen molar-refractivity contribution in [2.75, 3.05) is 20.6 Å². The second kappa shape index (κ2) is 7.11. The van der Waals surface area contributed by atoms with Gasteiger partial charge in [-0.25, -0.2) is 0 Å². The first kappa shape index (κ1) is 16.0. The van der Waals surface area contributed by atoms with E-state index in [2.05, 4.69) is 59.3 Å². The van der Waals surface area contributed by atoms with Crippen molar-refractivity contribution in [1.29, 1.82) is 0 Å². The molecule has 0 fully saturated rings. The van der Waals surface area contributed by atoms with E-state index in [1.807, 2.05) is 6.07 Å². The van der Waals surface area contributed by atoms with Crippen LogP contribution >= 0.6 is 34.3 Å². The molecule has 2 heterocycles. The smallest absolute Gasteiger partial charge is 0.0636 e. The number of hydrogen-bond acceptors (Lipinski definition) is 4. The number of nitrogens with zero attached hydrogens (tertiary/aromatic N) is 1. The Labute approximate surface area is 144 Å². The molecule has 5 heteroatoms. The topological polar surface area (TPSA) is 15.3 Å². The second-order valence-corrected chi connectivity index (χ2v) is 7.80. The highest BCUT2D eigenvalue weighted by Gasteiger charge is 2.15. The molecule has 0 aliphatic carbocycles. The average Bonchev–Trinajstić information content (AvgIpc) is 3.13.